The van der Waals surface area contributed by atoms with E-state index in [1.807, 2.05) is 0 Å². The first-order chi connectivity index (χ1) is 9.97. The Bertz CT molecular complexity index is 526. The molecule has 0 radical (unpaired) electrons. The lowest BCUT2D eigenvalue weighted by atomic mass is 9.67. The van der Waals surface area contributed by atoms with E-state index in [0.29, 0.717) is 6.42 Å². The number of ether oxygens (including phenoxy) is 1. The molecule has 116 valence electrons. The van der Waals surface area contributed by atoms with E-state index in [2.05, 4.69) is 5.32 Å². The number of esters is 1. The summed E-state index contributed by atoms with van der Waals surface area (Å²) in [6.07, 6.45) is 1.69. The minimum absolute atomic E-state index is 0.126. The molecule has 4 rings (SSSR count). The number of aliphatic hydroxyl groups is 1. The van der Waals surface area contributed by atoms with Crippen LogP contribution in [-0.4, -0.2) is 40.9 Å². The molecule has 2 N–H and O–H groups in total. The fourth-order valence-electron chi connectivity index (χ4n) is 5.26. The lowest BCUT2D eigenvalue weighted by Crippen LogP contribution is -2.76. The SMILES string of the molecule is C[C@@]12OC(=O)[C@]1([C@@H]1[C@H]3CCC[C@@H](F)[C@H]31)NC(=O)[C@@H]2CCO. The Morgan fingerprint density at radius 1 is 1.43 bits per heavy atom. The van der Waals surface area contributed by atoms with Gasteiger partial charge in [-0.1, -0.05) is 6.42 Å². The molecule has 6 heteroatoms. The molecule has 5 nitrogen and oxygen atoms in total. The normalized spacial score (nSPS) is 54.1. The molecule has 0 bridgehead atoms. The molecule has 0 aromatic rings. The Hall–Kier alpha value is -1.17. The second-order valence-corrected chi connectivity index (χ2v) is 7.07. The molecule has 0 unspecified atom stereocenters. The quantitative estimate of drug-likeness (QED) is 0.746. The predicted octanol–water partition coefficient (Wildman–Crippen LogP) is 0.553. The van der Waals surface area contributed by atoms with E-state index >= 15 is 0 Å². The van der Waals surface area contributed by atoms with E-state index in [4.69, 9.17) is 9.84 Å². The molecular formula is C15H20FNO4. The van der Waals surface area contributed by atoms with Crippen LogP contribution in [0.1, 0.15) is 32.6 Å². The third-order valence-electron chi connectivity index (χ3n) is 6.29. The number of nitrogens with one attached hydrogen (secondary N) is 1. The Kier molecular flexibility index (Phi) is 2.55. The third-order valence-corrected chi connectivity index (χ3v) is 6.29. The minimum Gasteiger partial charge on any atom is -0.453 e. The smallest absolute Gasteiger partial charge is 0.337 e. The van der Waals surface area contributed by atoms with Gasteiger partial charge in [-0.15, -0.1) is 0 Å². The summed E-state index contributed by atoms with van der Waals surface area (Å²) < 4.78 is 19.5. The molecule has 2 aliphatic heterocycles. The van der Waals surface area contributed by atoms with Crippen molar-refractivity contribution < 1.29 is 23.8 Å². The van der Waals surface area contributed by atoms with E-state index in [9.17, 15) is 14.0 Å². The van der Waals surface area contributed by atoms with E-state index in [0.717, 1.165) is 12.8 Å². The summed E-state index contributed by atoms with van der Waals surface area (Å²) in [4.78, 5) is 24.5. The molecular weight excluding hydrogens is 277 g/mol. The molecule has 0 aromatic carbocycles. The molecule has 2 aliphatic carbocycles. The number of aliphatic hydroxyl groups excluding tert-OH is 1. The summed E-state index contributed by atoms with van der Waals surface area (Å²) in [5.41, 5.74) is -2.00. The molecule has 4 fully saturated rings. The van der Waals surface area contributed by atoms with Crippen molar-refractivity contribution in [3.05, 3.63) is 0 Å². The van der Waals surface area contributed by atoms with Gasteiger partial charge in [-0.25, -0.2) is 9.18 Å². The average Bonchev–Trinajstić information content (AvgIpc) is 3.13. The summed E-state index contributed by atoms with van der Waals surface area (Å²) >= 11 is 0. The Morgan fingerprint density at radius 2 is 2.19 bits per heavy atom. The number of alkyl halides is 1. The number of hydrogen-bond donors (Lipinski definition) is 2. The van der Waals surface area contributed by atoms with Gasteiger partial charge in [0.15, 0.2) is 11.1 Å². The van der Waals surface area contributed by atoms with Crippen molar-refractivity contribution in [2.75, 3.05) is 6.61 Å². The highest BCUT2D eigenvalue weighted by Crippen LogP contribution is 2.68. The van der Waals surface area contributed by atoms with E-state index < -0.39 is 29.2 Å². The van der Waals surface area contributed by atoms with Crippen molar-refractivity contribution in [1.82, 2.24) is 5.32 Å². The van der Waals surface area contributed by atoms with Gasteiger partial charge in [0, 0.05) is 12.5 Å². The van der Waals surface area contributed by atoms with Crippen LogP contribution >= 0.6 is 0 Å². The highest BCUT2D eigenvalue weighted by Gasteiger charge is 2.84. The van der Waals surface area contributed by atoms with Crippen LogP contribution in [0.3, 0.4) is 0 Å². The lowest BCUT2D eigenvalue weighted by molar-refractivity contribution is -0.225. The Morgan fingerprint density at radius 3 is 2.81 bits per heavy atom. The summed E-state index contributed by atoms with van der Waals surface area (Å²) in [5.74, 6) is -1.31. The third kappa shape index (κ3) is 1.35. The van der Waals surface area contributed by atoms with Crippen LogP contribution in [0.4, 0.5) is 4.39 Å². The number of rotatable bonds is 3. The first kappa shape index (κ1) is 13.5. The van der Waals surface area contributed by atoms with Crippen LogP contribution in [0.15, 0.2) is 0 Å². The maximum atomic E-state index is 14.1. The zero-order valence-corrected chi connectivity index (χ0v) is 12.0. The predicted molar refractivity (Wildman–Crippen MR) is 69.8 cm³/mol. The van der Waals surface area contributed by atoms with Gasteiger partial charge in [0.25, 0.3) is 0 Å². The van der Waals surface area contributed by atoms with Gasteiger partial charge < -0.3 is 15.2 Å². The van der Waals surface area contributed by atoms with Gasteiger partial charge >= 0.3 is 5.97 Å². The van der Waals surface area contributed by atoms with Gasteiger partial charge in [-0.05, 0) is 38.0 Å². The van der Waals surface area contributed by atoms with E-state index in [1.165, 1.54) is 0 Å². The first-order valence-corrected chi connectivity index (χ1v) is 7.78. The van der Waals surface area contributed by atoms with Crippen LogP contribution < -0.4 is 5.32 Å². The zero-order valence-electron chi connectivity index (χ0n) is 12.0. The maximum Gasteiger partial charge on any atom is 0.337 e. The van der Waals surface area contributed by atoms with Crippen molar-refractivity contribution in [3.8, 4) is 0 Å². The van der Waals surface area contributed by atoms with E-state index in [-0.39, 0.29) is 36.7 Å². The molecule has 2 heterocycles. The summed E-state index contributed by atoms with van der Waals surface area (Å²) in [6, 6.07) is 0. The van der Waals surface area contributed by atoms with Crippen molar-refractivity contribution in [2.45, 2.75) is 49.9 Å². The van der Waals surface area contributed by atoms with E-state index in [1.54, 1.807) is 6.92 Å². The number of fused-ring (bicyclic) bond motifs is 2. The molecule has 0 aromatic heterocycles. The number of halogens is 1. The number of hydrogen-bond acceptors (Lipinski definition) is 4. The zero-order chi connectivity index (χ0) is 15.0. The summed E-state index contributed by atoms with van der Waals surface area (Å²) in [5, 5.41) is 12.0. The minimum atomic E-state index is -1.06. The second kappa shape index (κ2) is 3.97. The van der Waals surface area contributed by atoms with Crippen LogP contribution in [0, 0.1) is 23.7 Å². The number of carbonyl (C=O) groups is 2. The largest absolute Gasteiger partial charge is 0.453 e. The fourth-order valence-corrected chi connectivity index (χ4v) is 5.26. The highest BCUT2D eigenvalue weighted by molar-refractivity contribution is 6.02. The number of amides is 1. The second-order valence-electron chi connectivity index (χ2n) is 7.07. The van der Waals surface area contributed by atoms with Gasteiger partial charge in [0.05, 0.1) is 5.92 Å². The molecule has 7 atom stereocenters. The van der Waals surface area contributed by atoms with Crippen LogP contribution in [0.25, 0.3) is 0 Å². The van der Waals surface area contributed by atoms with Gasteiger partial charge in [-0.3, -0.25) is 4.79 Å². The fraction of sp³-hybridized carbons (Fsp3) is 0.867. The molecule has 4 aliphatic rings. The monoisotopic (exact) mass is 297 g/mol. The maximum absolute atomic E-state index is 14.1. The molecule has 0 spiro atoms. The summed E-state index contributed by atoms with van der Waals surface area (Å²) in [6.45, 7) is 1.62. The lowest BCUT2D eigenvalue weighted by Gasteiger charge is -2.52. The van der Waals surface area contributed by atoms with Crippen molar-refractivity contribution in [3.63, 3.8) is 0 Å². The van der Waals surface area contributed by atoms with Gasteiger partial charge in [0.1, 0.15) is 6.17 Å². The van der Waals surface area contributed by atoms with Gasteiger partial charge in [0.2, 0.25) is 5.91 Å². The summed E-state index contributed by atoms with van der Waals surface area (Å²) in [7, 11) is 0. The molecule has 21 heavy (non-hydrogen) atoms. The highest BCUT2D eigenvalue weighted by atomic mass is 19.1. The van der Waals surface area contributed by atoms with Crippen molar-refractivity contribution in [1.29, 1.82) is 0 Å². The molecule has 2 saturated heterocycles. The topological polar surface area (TPSA) is 75.6 Å². The molecule has 1 amide bonds. The average molecular weight is 297 g/mol. The standard InChI is InChI=1S/C15H20FNO4/c1-14-8(5-6-18)12(19)17-15(14,13(20)21-14)11-7-3-2-4-9(16)10(7)11/h7-11,18H,2-6H2,1H3,(H,17,19)/t7-,8-,9+,10-,11+,14-,15-/m0/s1. The van der Waals surface area contributed by atoms with Gasteiger partial charge in [-0.2, -0.15) is 0 Å². The Balaban J connectivity index is 1.70. The van der Waals surface area contributed by atoms with Crippen molar-refractivity contribution >= 4 is 11.9 Å². The van der Waals surface area contributed by atoms with Crippen LogP contribution in [0.5, 0.6) is 0 Å². The van der Waals surface area contributed by atoms with Crippen LogP contribution in [-0.2, 0) is 14.3 Å². The number of carbonyl (C=O) groups excluding carboxylic acids is 2. The van der Waals surface area contributed by atoms with Crippen molar-refractivity contribution in [2.24, 2.45) is 23.7 Å². The van der Waals surface area contributed by atoms with Crippen LogP contribution in [0.2, 0.25) is 0 Å². The Labute approximate surface area is 122 Å². The first-order valence-electron chi connectivity index (χ1n) is 7.78. The molecule has 2 saturated carbocycles.